The van der Waals surface area contributed by atoms with Gasteiger partial charge in [-0.1, -0.05) is 29.8 Å². The lowest BCUT2D eigenvalue weighted by atomic mass is 10.2. The first-order valence-corrected chi connectivity index (χ1v) is 9.71. The molecule has 7 heteroatoms. The van der Waals surface area contributed by atoms with Gasteiger partial charge in [0.2, 0.25) is 0 Å². The largest absolute Gasteiger partial charge is 0.509 e. The SMILES string of the molecule is CC1C(O)=C(c2nc(-c3ccc(Cl)cc3)cs2)C(=N)N1Cc1ccccn1. The fourth-order valence-electron chi connectivity index (χ4n) is 3.05. The van der Waals surface area contributed by atoms with Crippen molar-refractivity contribution in [3.63, 3.8) is 0 Å². The van der Waals surface area contributed by atoms with Crippen LogP contribution >= 0.6 is 22.9 Å². The summed E-state index contributed by atoms with van der Waals surface area (Å²) in [7, 11) is 0. The van der Waals surface area contributed by atoms with E-state index in [2.05, 4.69) is 9.97 Å². The zero-order chi connectivity index (χ0) is 19.0. The summed E-state index contributed by atoms with van der Waals surface area (Å²) in [5.74, 6) is 0.440. The van der Waals surface area contributed by atoms with Gasteiger partial charge < -0.3 is 10.0 Å². The molecule has 0 bridgehead atoms. The number of rotatable bonds is 4. The second-order valence-corrected chi connectivity index (χ2v) is 7.57. The Morgan fingerprint density at radius 1 is 1.22 bits per heavy atom. The van der Waals surface area contributed by atoms with Gasteiger partial charge in [0, 0.05) is 22.2 Å². The van der Waals surface area contributed by atoms with Gasteiger partial charge in [0.1, 0.15) is 16.6 Å². The minimum atomic E-state index is -0.294. The van der Waals surface area contributed by atoms with Gasteiger partial charge in [-0.2, -0.15) is 0 Å². The molecule has 3 heterocycles. The summed E-state index contributed by atoms with van der Waals surface area (Å²) in [6.45, 7) is 2.34. The van der Waals surface area contributed by atoms with E-state index >= 15 is 0 Å². The third-order valence-electron chi connectivity index (χ3n) is 4.56. The number of hydrogen-bond acceptors (Lipinski definition) is 5. The molecule has 0 radical (unpaired) electrons. The van der Waals surface area contributed by atoms with E-state index in [0.29, 0.717) is 22.1 Å². The molecule has 0 spiro atoms. The maximum Gasteiger partial charge on any atom is 0.135 e. The summed E-state index contributed by atoms with van der Waals surface area (Å²) in [5, 5.41) is 22.5. The molecule has 0 saturated heterocycles. The molecule has 3 aromatic rings. The minimum Gasteiger partial charge on any atom is -0.509 e. The second kappa shape index (κ2) is 7.13. The third kappa shape index (κ3) is 3.34. The summed E-state index contributed by atoms with van der Waals surface area (Å²) in [4.78, 5) is 10.8. The molecular weight excluding hydrogens is 380 g/mol. The van der Waals surface area contributed by atoms with E-state index < -0.39 is 0 Å². The van der Waals surface area contributed by atoms with Crippen molar-refractivity contribution in [3.05, 3.63) is 75.5 Å². The molecular formula is C20H17ClN4OS. The number of amidine groups is 1. The number of nitrogens with zero attached hydrogens (tertiary/aromatic N) is 3. The molecule has 1 aliphatic heterocycles. The number of hydrogen-bond donors (Lipinski definition) is 2. The lowest BCUT2D eigenvalue weighted by molar-refractivity contribution is 0.279. The Balaban J connectivity index is 1.62. The quantitative estimate of drug-likeness (QED) is 0.650. The summed E-state index contributed by atoms with van der Waals surface area (Å²) in [6, 6.07) is 12.9. The third-order valence-corrected chi connectivity index (χ3v) is 5.67. The van der Waals surface area contributed by atoms with E-state index in [1.165, 1.54) is 11.3 Å². The van der Waals surface area contributed by atoms with Gasteiger partial charge in [0.25, 0.3) is 0 Å². The van der Waals surface area contributed by atoms with Crippen molar-refractivity contribution in [1.29, 1.82) is 5.41 Å². The van der Waals surface area contributed by atoms with Crippen molar-refractivity contribution in [2.24, 2.45) is 0 Å². The first-order valence-electron chi connectivity index (χ1n) is 8.45. The fourth-order valence-corrected chi connectivity index (χ4v) is 4.06. The van der Waals surface area contributed by atoms with Gasteiger partial charge in [-0.3, -0.25) is 10.4 Å². The van der Waals surface area contributed by atoms with Gasteiger partial charge in [0.05, 0.1) is 29.5 Å². The molecule has 5 nitrogen and oxygen atoms in total. The van der Waals surface area contributed by atoms with Gasteiger partial charge >= 0.3 is 0 Å². The Bertz CT molecular complexity index is 1010. The van der Waals surface area contributed by atoms with E-state index in [4.69, 9.17) is 17.0 Å². The first-order chi connectivity index (χ1) is 13.0. The van der Waals surface area contributed by atoms with Crippen molar-refractivity contribution >= 4 is 34.3 Å². The molecule has 0 saturated carbocycles. The van der Waals surface area contributed by atoms with Crippen LogP contribution in [0.25, 0.3) is 16.8 Å². The average Bonchev–Trinajstić information content (AvgIpc) is 3.23. The number of aliphatic hydroxyl groups is 1. The van der Waals surface area contributed by atoms with Gasteiger partial charge in [0.15, 0.2) is 0 Å². The number of aliphatic hydroxyl groups excluding tert-OH is 1. The standard InChI is InChI=1S/C20H17ClN4OS/c1-12-18(26)17(19(22)25(12)10-15-4-2-3-9-23-15)20-24-16(11-27-20)13-5-7-14(21)8-6-13/h2-9,11-12,22,26H,10H2,1H3. The van der Waals surface area contributed by atoms with Crippen LogP contribution in [0.2, 0.25) is 5.02 Å². The number of pyridine rings is 1. The zero-order valence-electron chi connectivity index (χ0n) is 14.6. The number of benzene rings is 1. The topological polar surface area (TPSA) is 73.1 Å². The summed E-state index contributed by atoms with van der Waals surface area (Å²) >= 11 is 7.37. The van der Waals surface area contributed by atoms with Crippen LogP contribution in [-0.2, 0) is 6.54 Å². The summed E-state index contributed by atoms with van der Waals surface area (Å²) in [6.07, 6.45) is 1.73. The lowest BCUT2D eigenvalue weighted by Crippen LogP contribution is -2.33. The maximum absolute atomic E-state index is 10.7. The second-order valence-electron chi connectivity index (χ2n) is 6.28. The number of nitrogens with one attached hydrogen (secondary N) is 1. The molecule has 0 fully saturated rings. The highest BCUT2D eigenvalue weighted by atomic mass is 35.5. The molecule has 2 aromatic heterocycles. The zero-order valence-corrected chi connectivity index (χ0v) is 16.1. The Morgan fingerprint density at radius 3 is 2.70 bits per heavy atom. The van der Waals surface area contributed by atoms with E-state index in [1.807, 2.05) is 59.7 Å². The normalized spacial score (nSPS) is 17.0. The molecule has 1 aliphatic rings. The van der Waals surface area contributed by atoms with E-state index in [-0.39, 0.29) is 17.6 Å². The molecule has 1 atom stereocenters. The van der Waals surface area contributed by atoms with Crippen molar-refractivity contribution < 1.29 is 5.11 Å². The Kier molecular flexibility index (Phi) is 4.68. The van der Waals surface area contributed by atoms with Crippen LogP contribution in [-0.4, -0.2) is 31.9 Å². The van der Waals surface area contributed by atoms with Gasteiger partial charge in [-0.25, -0.2) is 4.98 Å². The molecule has 1 aromatic carbocycles. The van der Waals surface area contributed by atoms with Crippen molar-refractivity contribution in [2.75, 3.05) is 0 Å². The van der Waals surface area contributed by atoms with Crippen LogP contribution < -0.4 is 0 Å². The van der Waals surface area contributed by atoms with Crippen LogP contribution in [0.5, 0.6) is 0 Å². The molecule has 4 rings (SSSR count). The number of aromatic nitrogens is 2. The smallest absolute Gasteiger partial charge is 0.135 e. The highest BCUT2D eigenvalue weighted by Crippen LogP contribution is 2.35. The van der Waals surface area contributed by atoms with Gasteiger partial charge in [-0.05, 0) is 31.2 Å². The number of halogens is 1. The van der Waals surface area contributed by atoms with Crippen molar-refractivity contribution in [3.8, 4) is 11.3 Å². The molecule has 27 heavy (non-hydrogen) atoms. The molecule has 2 N–H and O–H groups in total. The summed E-state index contributed by atoms with van der Waals surface area (Å²) in [5.41, 5.74) is 3.09. The molecule has 136 valence electrons. The average molecular weight is 397 g/mol. The van der Waals surface area contributed by atoms with E-state index in [0.717, 1.165) is 17.0 Å². The van der Waals surface area contributed by atoms with Crippen LogP contribution in [0.4, 0.5) is 0 Å². The molecule has 0 amide bonds. The highest BCUT2D eigenvalue weighted by Gasteiger charge is 2.36. The minimum absolute atomic E-state index is 0.174. The Hall–Kier alpha value is -2.70. The predicted octanol–water partition coefficient (Wildman–Crippen LogP) is 5.01. The van der Waals surface area contributed by atoms with Crippen LogP contribution in [0.15, 0.2) is 59.8 Å². The maximum atomic E-state index is 10.7. The highest BCUT2D eigenvalue weighted by molar-refractivity contribution is 7.11. The predicted molar refractivity (Wildman–Crippen MR) is 109 cm³/mol. The summed E-state index contributed by atoms with van der Waals surface area (Å²) < 4.78 is 0. The monoisotopic (exact) mass is 396 g/mol. The lowest BCUT2D eigenvalue weighted by Gasteiger charge is -2.23. The Morgan fingerprint density at radius 2 is 2.00 bits per heavy atom. The van der Waals surface area contributed by atoms with Gasteiger partial charge in [-0.15, -0.1) is 11.3 Å². The van der Waals surface area contributed by atoms with Crippen molar-refractivity contribution in [2.45, 2.75) is 19.5 Å². The number of thiazole rings is 1. The van der Waals surface area contributed by atoms with Crippen LogP contribution in [0.1, 0.15) is 17.6 Å². The first kappa shape index (κ1) is 17.7. The van der Waals surface area contributed by atoms with E-state index in [1.54, 1.807) is 6.20 Å². The molecule has 1 unspecified atom stereocenters. The van der Waals surface area contributed by atoms with E-state index in [9.17, 15) is 5.11 Å². The fraction of sp³-hybridized carbons (Fsp3) is 0.150. The van der Waals surface area contributed by atoms with Crippen LogP contribution in [0.3, 0.4) is 0 Å². The Labute approximate surface area is 166 Å². The molecule has 0 aliphatic carbocycles. The van der Waals surface area contributed by atoms with Crippen molar-refractivity contribution in [1.82, 2.24) is 14.9 Å². The van der Waals surface area contributed by atoms with Crippen LogP contribution in [0, 0.1) is 5.41 Å².